The average Bonchev–Trinajstić information content (AvgIpc) is 2.08. The van der Waals surface area contributed by atoms with Crippen molar-refractivity contribution >= 4 is 0 Å². The molecule has 0 saturated carbocycles. The minimum absolute atomic E-state index is 0.924. The summed E-state index contributed by atoms with van der Waals surface area (Å²) >= 11 is 0. The summed E-state index contributed by atoms with van der Waals surface area (Å²) in [6.07, 6.45) is 0. The lowest BCUT2D eigenvalue weighted by molar-refractivity contribution is 0.0405. The van der Waals surface area contributed by atoms with Crippen molar-refractivity contribution in [1.82, 2.24) is 10.2 Å². The van der Waals surface area contributed by atoms with Crippen molar-refractivity contribution in [2.45, 2.75) is 6.92 Å². The van der Waals surface area contributed by atoms with Crippen LogP contribution in [0.5, 0.6) is 0 Å². The van der Waals surface area contributed by atoms with E-state index in [0.29, 0.717) is 0 Å². The van der Waals surface area contributed by atoms with E-state index in [-0.39, 0.29) is 0 Å². The predicted molar refractivity (Wildman–Crippen MR) is 47.9 cm³/mol. The summed E-state index contributed by atoms with van der Waals surface area (Å²) in [4.78, 5) is 2.39. The fourth-order valence-electron chi connectivity index (χ4n) is 0.917. The summed E-state index contributed by atoms with van der Waals surface area (Å²) in [6, 6.07) is 0. The van der Waals surface area contributed by atoms with Crippen molar-refractivity contribution < 1.29 is 4.74 Å². The molecule has 1 aliphatic heterocycles. The van der Waals surface area contributed by atoms with Gasteiger partial charge in [-0.15, -0.1) is 0 Å². The minimum Gasteiger partial charge on any atom is -0.379 e. The van der Waals surface area contributed by atoms with E-state index in [0.717, 1.165) is 26.3 Å². The molecular formula is C8H20N2O. The summed E-state index contributed by atoms with van der Waals surface area (Å²) in [5, 5.41) is 2.75. The fraction of sp³-hybridized carbons (Fsp3) is 1.00. The Labute approximate surface area is 69.7 Å². The third-order valence-electron chi connectivity index (χ3n) is 1.55. The standard InChI is InChI=1S/C6H13NO.C2H7N/c1-2-7-3-5-8-6-4-7;1-3-2/h2-6H2,1H3;3H,1-2H3. The van der Waals surface area contributed by atoms with E-state index >= 15 is 0 Å². The highest BCUT2D eigenvalue weighted by Gasteiger charge is 2.05. The molecule has 0 aromatic carbocycles. The number of ether oxygens (including phenoxy) is 1. The first-order chi connectivity index (χ1) is 5.35. The molecule has 1 N–H and O–H groups in total. The highest BCUT2D eigenvalue weighted by Crippen LogP contribution is 1.93. The molecule has 0 aromatic heterocycles. The molecular weight excluding hydrogens is 140 g/mol. The molecule has 3 heteroatoms. The third-order valence-corrected chi connectivity index (χ3v) is 1.55. The Morgan fingerprint density at radius 3 is 2.00 bits per heavy atom. The van der Waals surface area contributed by atoms with Crippen molar-refractivity contribution in [1.29, 1.82) is 0 Å². The molecule has 0 unspecified atom stereocenters. The highest BCUT2D eigenvalue weighted by atomic mass is 16.5. The Morgan fingerprint density at radius 2 is 1.73 bits per heavy atom. The Hall–Kier alpha value is -0.120. The van der Waals surface area contributed by atoms with Gasteiger partial charge >= 0.3 is 0 Å². The lowest BCUT2D eigenvalue weighted by Crippen LogP contribution is -2.35. The minimum atomic E-state index is 0.924. The number of likely N-dealkylation sites (N-methyl/N-ethyl adjacent to an activating group) is 1. The lowest BCUT2D eigenvalue weighted by Gasteiger charge is -2.24. The zero-order valence-corrected chi connectivity index (χ0v) is 7.89. The van der Waals surface area contributed by atoms with Crippen LogP contribution in [0.1, 0.15) is 6.92 Å². The molecule has 0 radical (unpaired) electrons. The predicted octanol–water partition coefficient (Wildman–Crippen LogP) is 0.174. The first kappa shape index (κ1) is 10.9. The van der Waals surface area contributed by atoms with Crippen LogP contribution in [0.15, 0.2) is 0 Å². The van der Waals surface area contributed by atoms with Crippen LogP contribution in [0, 0.1) is 0 Å². The van der Waals surface area contributed by atoms with Crippen LogP contribution in [0.2, 0.25) is 0 Å². The van der Waals surface area contributed by atoms with Crippen molar-refractivity contribution in [3.05, 3.63) is 0 Å². The maximum atomic E-state index is 5.16. The second kappa shape index (κ2) is 7.98. The van der Waals surface area contributed by atoms with Crippen molar-refractivity contribution in [2.24, 2.45) is 0 Å². The molecule has 0 spiro atoms. The van der Waals surface area contributed by atoms with Gasteiger partial charge in [-0.3, -0.25) is 4.90 Å². The van der Waals surface area contributed by atoms with E-state index in [1.807, 2.05) is 14.1 Å². The van der Waals surface area contributed by atoms with Crippen molar-refractivity contribution in [3.63, 3.8) is 0 Å². The zero-order chi connectivity index (χ0) is 8.53. The van der Waals surface area contributed by atoms with E-state index in [4.69, 9.17) is 4.74 Å². The molecule has 1 heterocycles. The maximum absolute atomic E-state index is 5.16. The molecule has 68 valence electrons. The number of hydrogen-bond donors (Lipinski definition) is 1. The summed E-state index contributed by atoms with van der Waals surface area (Å²) < 4.78 is 5.16. The van der Waals surface area contributed by atoms with E-state index in [2.05, 4.69) is 17.1 Å². The monoisotopic (exact) mass is 160 g/mol. The fourth-order valence-corrected chi connectivity index (χ4v) is 0.917. The topological polar surface area (TPSA) is 24.5 Å². The van der Waals surface area contributed by atoms with E-state index in [1.54, 1.807) is 0 Å². The summed E-state index contributed by atoms with van der Waals surface area (Å²) in [5.41, 5.74) is 0. The smallest absolute Gasteiger partial charge is 0.0594 e. The summed E-state index contributed by atoms with van der Waals surface area (Å²) in [7, 11) is 3.75. The molecule has 0 atom stereocenters. The molecule has 1 saturated heterocycles. The van der Waals surface area contributed by atoms with Crippen LogP contribution in [0.3, 0.4) is 0 Å². The van der Waals surface area contributed by atoms with Gasteiger partial charge in [0.05, 0.1) is 13.2 Å². The van der Waals surface area contributed by atoms with Crippen LogP contribution in [-0.4, -0.2) is 51.8 Å². The van der Waals surface area contributed by atoms with Crippen LogP contribution in [-0.2, 0) is 4.74 Å². The maximum Gasteiger partial charge on any atom is 0.0594 e. The number of nitrogens with one attached hydrogen (secondary N) is 1. The first-order valence-corrected chi connectivity index (χ1v) is 4.23. The number of morpholine rings is 1. The second-order valence-electron chi connectivity index (χ2n) is 2.55. The largest absolute Gasteiger partial charge is 0.379 e. The second-order valence-corrected chi connectivity index (χ2v) is 2.55. The number of nitrogens with zero attached hydrogens (tertiary/aromatic N) is 1. The molecule has 0 amide bonds. The van der Waals surface area contributed by atoms with Gasteiger partial charge in [0.15, 0.2) is 0 Å². The molecule has 3 nitrogen and oxygen atoms in total. The van der Waals surface area contributed by atoms with Crippen LogP contribution in [0.4, 0.5) is 0 Å². The summed E-state index contributed by atoms with van der Waals surface area (Å²) in [6.45, 7) is 7.45. The Balaban J connectivity index is 0.000000292. The van der Waals surface area contributed by atoms with E-state index in [1.165, 1.54) is 6.54 Å². The average molecular weight is 160 g/mol. The van der Waals surface area contributed by atoms with Crippen LogP contribution >= 0.6 is 0 Å². The third kappa shape index (κ3) is 6.28. The number of hydrogen-bond acceptors (Lipinski definition) is 3. The van der Waals surface area contributed by atoms with Gasteiger partial charge in [-0.1, -0.05) is 6.92 Å². The van der Waals surface area contributed by atoms with Crippen LogP contribution in [0.25, 0.3) is 0 Å². The van der Waals surface area contributed by atoms with Crippen molar-refractivity contribution in [2.75, 3.05) is 46.9 Å². The van der Waals surface area contributed by atoms with E-state index in [9.17, 15) is 0 Å². The molecule has 0 bridgehead atoms. The lowest BCUT2D eigenvalue weighted by atomic mass is 10.4. The molecule has 1 aliphatic rings. The molecule has 11 heavy (non-hydrogen) atoms. The molecule has 1 fully saturated rings. The summed E-state index contributed by atoms with van der Waals surface area (Å²) in [5.74, 6) is 0. The Kier molecular flexibility index (Phi) is 7.89. The van der Waals surface area contributed by atoms with Crippen LogP contribution < -0.4 is 5.32 Å². The van der Waals surface area contributed by atoms with Gasteiger partial charge < -0.3 is 10.1 Å². The van der Waals surface area contributed by atoms with Crippen molar-refractivity contribution in [3.8, 4) is 0 Å². The molecule has 0 aliphatic carbocycles. The number of rotatable bonds is 1. The highest BCUT2D eigenvalue weighted by molar-refractivity contribution is 4.57. The van der Waals surface area contributed by atoms with Gasteiger partial charge in [-0.05, 0) is 20.6 Å². The van der Waals surface area contributed by atoms with Gasteiger partial charge in [-0.2, -0.15) is 0 Å². The molecule has 0 aromatic rings. The Bertz CT molecular complexity index is 72.5. The normalized spacial score (nSPS) is 18.8. The first-order valence-electron chi connectivity index (χ1n) is 4.23. The Morgan fingerprint density at radius 1 is 1.27 bits per heavy atom. The molecule has 1 rings (SSSR count). The van der Waals surface area contributed by atoms with E-state index < -0.39 is 0 Å². The zero-order valence-electron chi connectivity index (χ0n) is 7.89. The quantitative estimate of drug-likeness (QED) is 0.592. The van der Waals surface area contributed by atoms with Gasteiger partial charge in [0.25, 0.3) is 0 Å². The van der Waals surface area contributed by atoms with Gasteiger partial charge in [-0.25, -0.2) is 0 Å². The SMILES string of the molecule is CCN1CCOCC1.CNC. The van der Waals surface area contributed by atoms with Gasteiger partial charge in [0, 0.05) is 13.1 Å². The van der Waals surface area contributed by atoms with Gasteiger partial charge in [0.1, 0.15) is 0 Å². The van der Waals surface area contributed by atoms with Gasteiger partial charge in [0.2, 0.25) is 0 Å².